The summed E-state index contributed by atoms with van der Waals surface area (Å²) in [5.74, 6) is 1.93. The van der Waals surface area contributed by atoms with Crippen molar-refractivity contribution >= 4 is 33.6 Å². The van der Waals surface area contributed by atoms with Crippen molar-refractivity contribution in [1.29, 1.82) is 0 Å². The zero-order valence-electron chi connectivity index (χ0n) is 9.05. The normalized spacial score (nSPS) is 22.3. The third-order valence-electron chi connectivity index (χ3n) is 2.18. The van der Waals surface area contributed by atoms with Crippen LogP contribution in [0.3, 0.4) is 0 Å². The number of aliphatic imine (C=N–C) groups is 1. The van der Waals surface area contributed by atoms with Crippen LogP contribution < -0.4 is 4.74 Å². The van der Waals surface area contributed by atoms with Crippen molar-refractivity contribution in [1.82, 2.24) is 0 Å². The lowest BCUT2D eigenvalue weighted by atomic mass is 10.3. The van der Waals surface area contributed by atoms with Crippen molar-refractivity contribution in [3.63, 3.8) is 0 Å². The first-order chi connectivity index (χ1) is 7.81. The predicted octanol–water partition coefficient (Wildman–Crippen LogP) is 3.72. The number of methoxy groups -OCH3 is 1. The standard InChI is InChI=1S/C12H13NOS2/c1-3-11-8-15-12(16-11)13-9-4-6-10(14-2)7-5-9/h3-7,11H,1,8H2,2H3. The molecule has 0 bridgehead atoms. The summed E-state index contributed by atoms with van der Waals surface area (Å²) >= 11 is 3.57. The lowest BCUT2D eigenvalue weighted by molar-refractivity contribution is 0.415. The van der Waals surface area contributed by atoms with Gasteiger partial charge in [0.1, 0.15) is 10.1 Å². The molecule has 0 aliphatic carbocycles. The van der Waals surface area contributed by atoms with E-state index in [9.17, 15) is 0 Å². The highest BCUT2D eigenvalue weighted by Crippen LogP contribution is 2.35. The van der Waals surface area contributed by atoms with Crippen LogP contribution in [-0.4, -0.2) is 22.5 Å². The number of rotatable bonds is 3. The second-order valence-electron chi connectivity index (χ2n) is 3.28. The molecule has 16 heavy (non-hydrogen) atoms. The Morgan fingerprint density at radius 1 is 1.44 bits per heavy atom. The zero-order valence-corrected chi connectivity index (χ0v) is 10.7. The topological polar surface area (TPSA) is 21.6 Å². The van der Waals surface area contributed by atoms with Crippen LogP contribution in [0.5, 0.6) is 5.75 Å². The van der Waals surface area contributed by atoms with E-state index in [0.717, 1.165) is 21.6 Å². The van der Waals surface area contributed by atoms with E-state index in [0.29, 0.717) is 5.25 Å². The van der Waals surface area contributed by atoms with Gasteiger partial charge in [0.25, 0.3) is 0 Å². The Hall–Kier alpha value is -0.870. The lowest BCUT2D eigenvalue weighted by Crippen LogP contribution is -1.92. The van der Waals surface area contributed by atoms with E-state index < -0.39 is 0 Å². The van der Waals surface area contributed by atoms with Gasteiger partial charge in [-0.3, -0.25) is 0 Å². The summed E-state index contributed by atoms with van der Waals surface area (Å²) in [7, 11) is 1.66. The lowest BCUT2D eigenvalue weighted by Gasteiger charge is -2.00. The fourth-order valence-electron chi connectivity index (χ4n) is 1.29. The Kier molecular flexibility index (Phi) is 3.96. The molecule has 1 aromatic rings. The Labute approximate surface area is 104 Å². The third kappa shape index (κ3) is 2.83. The molecule has 0 N–H and O–H groups in total. The number of nitrogens with zero attached hydrogens (tertiary/aromatic N) is 1. The van der Waals surface area contributed by atoms with Gasteiger partial charge in [0, 0.05) is 11.0 Å². The maximum atomic E-state index is 5.10. The average Bonchev–Trinajstić information content (AvgIpc) is 2.78. The van der Waals surface area contributed by atoms with Gasteiger partial charge in [0.2, 0.25) is 0 Å². The highest BCUT2D eigenvalue weighted by atomic mass is 32.2. The molecule has 1 unspecified atom stereocenters. The maximum absolute atomic E-state index is 5.10. The first-order valence-corrected chi connectivity index (χ1v) is 6.83. The maximum Gasteiger partial charge on any atom is 0.131 e. The summed E-state index contributed by atoms with van der Waals surface area (Å²) in [5, 5.41) is 0.502. The van der Waals surface area contributed by atoms with Crippen molar-refractivity contribution in [3.05, 3.63) is 36.9 Å². The largest absolute Gasteiger partial charge is 0.497 e. The molecule has 0 saturated carbocycles. The van der Waals surface area contributed by atoms with E-state index in [2.05, 4.69) is 11.6 Å². The van der Waals surface area contributed by atoms with Crippen molar-refractivity contribution in [2.75, 3.05) is 12.9 Å². The molecule has 84 valence electrons. The molecular weight excluding hydrogens is 238 g/mol. The summed E-state index contributed by atoms with van der Waals surface area (Å²) in [5.41, 5.74) is 0.973. The molecule has 1 aliphatic rings. The third-order valence-corrected chi connectivity index (χ3v) is 4.85. The zero-order chi connectivity index (χ0) is 11.4. The predicted molar refractivity (Wildman–Crippen MR) is 74.1 cm³/mol. The quantitative estimate of drug-likeness (QED) is 0.764. The Morgan fingerprint density at radius 3 is 2.75 bits per heavy atom. The van der Waals surface area contributed by atoms with Crippen LogP contribution in [0.1, 0.15) is 0 Å². The van der Waals surface area contributed by atoms with Gasteiger partial charge < -0.3 is 4.74 Å². The summed E-state index contributed by atoms with van der Waals surface area (Å²) in [6, 6.07) is 7.78. The minimum absolute atomic E-state index is 0.502. The molecule has 4 heteroatoms. The minimum atomic E-state index is 0.502. The molecular formula is C12H13NOS2. The molecule has 1 saturated heterocycles. The van der Waals surface area contributed by atoms with E-state index in [1.807, 2.05) is 30.3 Å². The summed E-state index contributed by atoms with van der Waals surface area (Å²) in [4.78, 5) is 4.57. The number of benzene rings is 1. The summed E-state index contributed by atoms with van der Waals surface area (Å²) in [6.45, 7) is 3.80. The molecule has 2 nitrogen and oxygen atoms in total. The van der Waals surface area contributed by atoms with Gasteiger partial charge in [0.15, 0.2) is 0 Å². The molecule has 1 atom stereocenters. The number of hydrogen-bond acceptors (Lipinski definition) is 4. The van der Waals surface area contributed by atoms with Crippen LogP contribution in [0, 0.1) is 0 Å². The van der Waals surface area contributed by atoms with Crippen LogP contribution in [0.15, 0.2) is 41.9 Å². The first kappa shape index (κ1) is 11.6. The molecule has 2 rings (SSSR count). The molecule has 1 aromatic carbocycles. The van der Waals surface area contributed by atoms with E-state index in [1.54, 1.807) is 30.6 Å². The van der Waals surface area contributed by atoms with Crippen molar-refractivity contribution in [3.8, 4) is 5.75 Å². The van der Waals surface area contributed by atoms with Crippen molar-refractivity contribution in [2.45, 2.75) is 5.25 Å². The Balaban J connectivity index is 2.08. The average molecular weight is 251 g/mol. The SMILES string of the molecule is C=CC1CSC(=Nc2ccc(OC)cc2)S1. The minimum Gasteiger partial charge on any atom is -0.497 e. The second-order valence-corrected chi connectivity index (χ2v) is 5.77. The van der Waals surface area contributed by atoms with Gasteiger partial charge in [0.05, 0.1) is 12.8 Å². The van der Waals surface area contributed by atoms with Crippen LogP contribution in [0.4, 0.5) is 5.69 Å². The van der Waals surface area contributed by atoms with Gasteiger partial charge in [-0.2, -0.15) is 0 Å². The van der Waals surface area contributed by atoms with Crippen molar-refractivity contribution in [2.24, 2.45) is 4.99 Å². The monoisotopic (exact) mass is 251 g/mol. The van der Waals surface area contributed by atoms with Gasteiger partial charge in [-0.25, -0.2) is 4.99 Å². The smallest absolute Gasteiger partial charge is 0.131 e. The van der Waals surface area contributed by atoms with Crippen LogP contribution in [0.2, 0.25) is 0 Å². The molecule has 1 aliphatic heterocycles. The Bertz CT molecular complexity index is 400. The van der Waals surface area contributed by atoms with Crippen LogP contribution in [0.25, 0.3) is 0 Å². The number of ether oxygens (including phenoxy) is 1. The highest BCUT2D eigenvalue weighted by molar-refractivity contribution is 8.41. The van der Waals surface area contributed by atoms with Crippen LogP contribution in [-0.2, 0) is 0 Å². The van der Waals surface area contributed by atoms with E-state index in [4.69, 9.17) is 4.74 Å². The molecule has 0 spiro atoms. The molecule has 0 radical (unpaired) electrons. The molecule has 0 aromatic heterocycles. The molecule has 1 heterocycles. The second kappa shape index (κ2) is 5.46. The van der Waals surface area contributed by atoms with Gasteiger partial charge in [-0.15, -0.1) is 6.58 Å². The van der Waals surface area contributed by atoms with Gasteiger partial charge in [-0.05, 0) is 24.3 Å². The highest BCUT2D eigenvalue weighted by Gasteiger charge is 2.19. The van der Waals surface area contributed by atoms with E-state index in [1.165, 1.54) is 0 Å². The Morgan fingerprint density at radius 2 is 2.19 bits per heavy atom. The number of thioether (sulfide) groups is 2. The van der Waals surface area contributed by atoms with Crippen LogP contribution >= 0.6 is 23.5 Å². The van der Waals surface area contributed by atoms with Gasteiger partial charge in [-0.1, -0.05) is 29.6 Å². The van der Waals surface area contributed by atoms with E-state index >= 15 is 0 Å². The number of hydrogen-bond donors (Lipinski definition) is 0. The first-order valence-electron chi connectivity index (χ1n) is 4.96. The summed E-state index contributed by atoms with van der Waals surface area (Å²) in [6.07, 6.45) is 1.98. The van der Waals surface area contributed by atoms with Gasteiger partial charge >= 0.3 is 0 Å². The fraction of sp³-hybridized carbons (Fsp3) is 0.250. The molecule has 1 fully saturated rings. The molecule has 0 amide bonds. The summed E-state index contributed by atoms with van der Waals surface area (Å²) < 4.78 is 6.22. The van der Waals surface area contributed by atoms with Crippen molar-refractivity contribution < 1.29 is 4.74 Å². The fourth-order valence-corrected chi connectivity index (χ4v) is 3.74. The van der Waals surface area contributed by atoms with E-state index in [-0.39, 0.29) is 0 Å².